The number of nitrogens with zero attached hydrogens (tertiary/aromatic N) is 3. The van der Waals surface area contributed by atoms with Crippen molar-refractivity contribution in [1.29, 1.82) is 0 Å². The topological polar surface area (TPSA) is 91.6 Å². The van der Waals surface area contributed by atoms with Crippen molar-refractivity contribution in [2.24, 2.45) is 0 Å². The van der Waals surface area contributed by atoms with Gasteiger partial charge < -0.3 is 16.0 Å². The number of rotatable bonds is 5. The summed E-state index contributed by atoms with van der Waals surface area (Å²) in [5, 5.41) is 5.11. The van der Waals surface area contributed by atoms with Gasteiger partial charge in [0.25, 0.3) is 0 Å². The van der Waals surface area contributed by atoms with Crippen LogP contribution in [0.2, 0.25) is 0 Å². The summed E-state index contributed by atoms with van der Waals surface area (Å²) in [4.78, 5) is 32.7. The zero-order valence-corrected chi connectivity index (χ0v) is 14.7. The molecule has 0 bridgehead atoms. The van der Waals surface area contributed by atoms with Crippen LogP contribution >= 0.6 is 11.3 Å². The summed E-state index contributed by atoms with van der Waals surface area (Å²) in [5.74, 6) is 0.0253. The molecule has 0 saturated carbocycles. The maximum Gasteiger partial charge on any atom is 0.238 e. The molecule has 2 rings (SSSR count). The van der Waals surface area contributed by atoms with Crippen molar-refractivity contribution in [3.05, 3.63) is 11.1 Å². The largest absolute Gasteiger partial charge is 0.375 e. The molecule has 1 aromatic rings. The van der Waals surface area contributed by atoms with E-state index in [0.717, 1.165) is 5.69 Å². The smallest absolute Gasteiger partial charge is 0.238 e. The lowest BCUT2D eigenvalue weighted by atomic mass is 10.1. The number of carbonyl (C=O) groups is 2. The van der Waals surface area contributed by atoms with Crippen molar-refractivity contribution in [1.82, 2.24) is 20.1 Å². The van der Waals surface area contributed by atoms with Gasteiger partial charge in [0.15, 0.2) is 5.13 Å². The minimum absolute atomic E-state index is 0.0384. The summed E-state index contributed by atoms with van der Waals surface area (Å²) >= 11 is 1.38. The molecule has 1 unspecified atom stereocenters. The predicted octanol–water partition coefficient (Wildman–Crippen LogP) is 0.325. The fourth-order valence-electron chi connectivity index (χ4n) is 2.87. The lowest BCUT2D eigenvalue weighted by Gasteiger charge is -2.42. The lowest BCUT2D eigenvalue weighted by Crippen LogP contribution is -2.61. The molecule has 1 aliphatic rings. The molecule has 1 saturated heterocycles. The Kier molecular flexibility index (Phi) is 5.95. The summed E-state index contributed by atoms with van der Waals surface area (Å²) in [5.41, 5.74) is 6.45. The van der Waals surface area contributed by atoms with Crippen molar-refractivity contribution in [2.75, 3.05) is 32.4 Å². The number of piperazine rings is 1. The van der Waals surface area contributed by atoms with Gasteiger partial charge in [0.1, 0.15) is 6.04 Å². The van der Waals surface area contributed by atoms with Gasteiger partial charge in [-0.05, 0) is 20.3 Å². The van der Waals surface area contributed by atoms with Crippen LogP contribution in [0, 0.1) is 0 Å². The van der Waals surface area contributed by atoms with Crippen LogP contribution in [-0.2, 0) is 16.0 Å². The molecule has 23 heavy (non-hydrogen) atoms. The Morgan fingerprint density at radius 1 is 1.48 bits per heavy atom. The van der Waals surface area contributed by atoms with Gasteiger partial charge in [-0.3, -0.25) is 14.5 Å². The molecular formula is C15H25N5O2S. The fourth-order valence-corrected chi connectivity index (χ4v) is 3.47. The summed E-state index contributed by atoms with van der Waals surface area (Å²) in [6, 6.07) is -0.0137. The molecule has 7 nitrogen and oxygen atoms in total. The summed E-state index contributed by atoms with van der Waals surface area (Å²) < 4.78 is 0. The Morgan fingerprint density at radius 2 is 2.22 bits per heavy atom. The number of anilines is 1. The van der Waals surface area contributed by atoms with Gasteiger partial charge >= 0.3 is 0 Å². The molecule has 3 N–H and O–H groups in total. The number of nitrogen functional groups attached to an aromatic ring is 1. The number of nitrogens with one attached hydrogen (secondary N) is 1. The average Bonchev–Trinajstić information content (AvgIpc) is 2.96. The van der Waals surface area contributed by atoms with Gasteiger partial charge in [0.2, 0.25) is 11.8 Å². The Morgan fingerprint density at radius 3 is 2.78 bits per heavy atom. The van der Waals surface area contributed by atoms with Crippen molar-refractivity contribution < 1.29 is 9.59 Å². The molecule has 0 spiro atoms. The van der Waals surface area contributed by atoms with Crippen molar-refractivity contribution in [2.45, 2.75) is 38.8 Å². The minimum Gasteiger partial charge on any atom is -0.375 e. The monoisotopic (exact) mass is 339 g/mol. The number of hydrogen-bond acceptors (Lipinski definition) is 6. The molecule has 128 valence electrons. The molecule has 0 aliphatic carbocycles. The predicted molar refractivity (Wildman–Crippen MR) is 91.1 cm³/mol. The van der Waals surface area contributed by atoms with E-state index in [1.165, 1.54) is 11.3 Å². The number of aryl methyl sites for hydroxylation is 1. The van der Waals surface area contributed by atoms with Crippen LogP contribution in [0.3, 0.4) is 0 Å². The third-order valence-corrected chi connectivity index (χ3v) is 4.87. The highest BCUT2D eigenvalue weighted by molar-refractivity contribution is 7.13. The van der Waals surface area contributed by atoms with Crippen molar-refractivity contribution >= 4 is 28.3 Å². The number of nitrogens with two attached hydrogens (primary N) is 1. The highest BCUT2D eigenvalue weighted by atomic mass is 32.1. The lowest BCUT2D eigenvalue weighted by molar-refractivity contribution is -0.138. The second-order valence-corrected chi connectivity index (χ2v) is 6.87. The molecule has 2 heterocycles. The van der Waals surface area contributed by atoms with Gasteiger partial charge in [0, 0.05) is 44.5 Å². The van der Waals surface area contributed by atoms with Gasteiger partial charge in [0.05, 0.1) is 5.69 Å². The van der Waals surface area contributed by atoms with Crippen LogP contribution in [0.15, 0.2) is 5.38 Å². The normalized spacial score (nSPS) is 19.1. The Bertz CT molecular complexity index is 560. The second-order valence-electron chi connectivity index (χ2n) is 5.98. The zero-order valence-electron chi connectivity index (χ0n) is 13.9. The molecule has 1 fully saturated rings. The molecular weight excluding hydrogens is 314 g/mol. The number of thiazole rings is 1. The van der Waals surface area contributed by atoms with Gasteiger partial charge in [-0.2, -0.15) is 0 Å². The molecule has 1 aromatic heterocycles. The van der Waals surface area contributed by atoms with E-state index in [4.69, 9.17) is 5.73 Å². The average molecular weight is 339 g/mol. The first-order chi connectivity index (χ1) is 10.9. The van der Waals surface area contributed by atoms with E-state index in [9.17, 15) is 9.59 Å². The van der Waals surface area contributed by atoms with Crippen molar-refractivity contribution in [3.63, 3.8) is 0 Å². The Hall–Kier alpha value is -1.67. The standard InChI is InChI=1S/C15H25N5O2S/c1-10(2)20-7-6-19(8-12(20)14(22)17-3)13(21)5-4-11-9-23-15(16)18-11/h9-10,12H,4-8H2,1-3H3,(H2,16,18)(H,17,22). The van der Waals surface area contributed by atoms with Crippen LogP contribution in [0.5, 0.6) is 0 Å². The SMILES string of the molecule is CNC(=O)C1CN(C(=O)CCc2csc(N)n2)CCN1C(C)C. The molecule has 0 radical (unpaired) electrons. The molecule has 1 atom stereocenters. The first kappa shape index (κ1) is 17.7. The van der Waals surface area contributed by atoms with Gasteiger partial charge in [-0.1, -0.05) is 0 Å². The van der Waals surface area contributed by atoms with Crippen LogP contribution < -0.4 is 11.1 Å². The number of carbonyl (C=O) groups excluding carboxylic acids is 2. The van der Waals surface area contributed by atoms with E-state index in [0.29, 0.717) is 37.6 Å². The number of likely N-dealkylation sites (N-methyl/N-ethyl adjacent to an activating group) is 1. The first-order valence-corrected chi connectivity index (χ1v) is 8.75. The number of aromatic nitrogens is 1. The highest BCUT2D eigenvalue weighted by Crippen LogP contribution is 2.16. The van der Waals surface area contributed by atoms with Gasteiger partial charge in [-0.25, -0.2) is 4.98 Å². The van der Waals surface area contributed by atoms with Crippen LogP contribution in [0.1, 0.15) is 26.0 Å². The van der Waals surface area contributed by atoms with E-state index < -0.39 is 0 Å². The third kappa shape index (κ3) is 4.42. The van der Waals surface area contributed by atoms with Gasteiger partial charge in [-0.15, -0.1) is 11.3 Å². The zero-order chi connectivity index (χ0) is 17.0. The van der Waals surface area contributed by atoms with Crippen molar-refractivity contribution in [3.8, 4) is 0 Å². The van der Waals surface area contributed by atoms with E-state index in [2.05, 4.69) is 29.0 Å². The van der Waals surface area contributed by atoms with E-state index in [-0.39, 0.29) is 23.9 Å². The molecule has 1 aliphatic heterocycles. The maximum absolute atomic E-state index is 12.4. The summed E-state index contributed by atoms with van der Waals surface area (Å²) in [7, 11) is 1.63. The van der Waals surface area contributed by atoms with Crippen LogP contribution in [0.4, 0.5) is 5.13 Å². The number of amides is 2. The Balaban J connectivity index is 1.94. The molecule has 0 aromatic carbocycles. The highest BCUT2D eigenvalue weighted by Gasteiger charge is 2.34. The van der Waals surface area contributed by atoms with Crippen LogP contribution in [0.25, 0.3) is 0 Å². The third-order valence-electron chi connectivity index (χ3n) is 4.15. The molecule has 8 heteroatoms. The van der Waals surface area contributed by atoms with E-state index in [1.54, 1.807) is 11.9 Å². The summed E-state index contributed by atoms with van der Waals surface area (Å²) in [6.07, 6.45) is 0.979. The van der Waals surface area contributed by atoms with Crippen LogP contribution in [-0.4, -0.2) is 65.4 Å². The summed E-state index contributed by atoms with van der Waals surface area (Å²) in [6.45, 7) is 5.95. The molecule has 2 amide bonds. The van der Waals surface area contributed by atoms with E-state index in [1.807, 2.05) is 5.38 Å². The number of hydrogen-bond donors (Lipinski definition) is 2. The maximum atomic E-state index is 12.4. The second kappa shape index (κ2) is 7.74. The minimum atomic E-state index is -0.285. The Labute approximate surface area is 140 Å². The fraction of sp³-hybridized carbons (Fsp3) is 0.667. The van der Waals surface area contributed by atoms with E-state index >= 15 is 0 Å². The first-order valence-electron chi connectivity index (χ1n) is 7.87. The quantitative estimate of drug-likeness (QED) is 0.806.